The molecule has 0 N–H and O–H groups in total. The summed E-state index contributed by atoms with van der Waals surface area (Å²) in [6.45, 7) is 0. The second-order valence-corrected chi connectivity index (χ2v) is 4.36. The van der Waals surface area contributed by atoms with Crippen LogP contribution in [0.3, 0.4) is 0 Å². The lowest BCUT2D eigenvalue weighted by Gasteiger charge is -2.13. The van der Waals surface area contributed by atoms with Gasteiger partial charge in [0.2, 0.25) is 0 Å². The number of hydrogen-bond acceptors (Lipinski definition) is 5. The summed E-state index contributed by atoms with van der Waals surface area (Å²) in [6.07, 6.45) is 3.59. The first-order valence-corrected chi connectivity index (χ1v) is 6.41. The monoisotopic (exact) mass is 287 g/mol. The molecule has 0 unspecified atom stereocenters. The first-order valence-electron chi connectivity index (χ1n) is 6.41. The van der Waals surface area contributed by atoms with Gasteiger partial charge in [-0.05, 0) is 23.8 Å². The largest absolute Gasteiger partial charge is 0.496 e. The van der Waals surface area contributed by atoms with Crippen LogP contribution in [0.5, 0.6) is 17.2 Å². The number of hydrogen-bond donors (Lipinski definition) is 0. The Hall–Kier alpha value is -2.56. The van der Waals surface area contributed by atoms with E-state index < -0.39 is 0 Å². The van der Waals surface area contributed by atoms with Gasteiger partial charge in [-0.3, -0.25) is 9.78 Å². The quantitative estimate of drug-likeness (QED) is 0.764. The summed E-state index contributed by atoms with van der Waals surface area (Å²) in [4.78, 5) is 16.4. The molecule has 110 valence electrons. The highest BCUT2D eigenvalue weighted by Crippen LogP contribution is 2.35. The molecule has 5 nitrogen and oxygen atoms in total. The predicted molar refractivity (Wildman–Crippen MR) is 78.4 cm³/mol. The molecule has 0 radical (unpaired) electrons. The first-order chi connectivity index (χ1) is 10.2. The highest BCUT2D eigenvalue weighted by atomic mass is 16.5. The second-order valence-electron chi connectivity index (χ2n) is 4.36. The number of carbonyl (C=O) groups is 1. The minimum atomic E-state index is -0.0565. The Kier molecular flexibility index (Phi) is 4.77. The highest BCUT2D eigenvalue weighted by molar-refractivity contribution is 6.00. The minimum absolute atomic E-state index is 0.0565. The number of pyridine rings is 1. The SMILES string of the molecule is COc1cc(OC)c(C(=O)Cc2ccncc2)cc1OC. The van der Waals surface area contributed by atoms with E-state index in [9.17, 15) is 4.79 Å². The van der Waals surface area contributed by atoms with Crippen LogP contribution < -0.4 is 14.2 Å². The third-order valence-electron chi connectivity index (χ3n) is 3.12. The van der Waals surface area contributed by atoms with E-state index in [1.54, 1.807) is 24.5 Å². The molecule has 0 bridgehead atoms. The van der Waals surface area contributed by atoms with E-state index in [4.69, 9.17) is 14.2 Å². The number of carbonyl (C=O) groups excluding carboxylic acids is 1. The van der Waals surface area contributed by atoms with E-state index in [1.165, 1.54) is 21.3 Å². The second kappa shape index (κ2) is 6.74. The van der Waals surface area contributed by atoms with Crippen LogP contribution in [0.2, 0.25) is 0 Å². The molecule has 1 aromatic heterocycles. The average Bonchev–Trinajstić information content (AvgIpc) is 2.54. The van der Waals surface area contributed by atoms with Gasteiger partial charge in [0, 0.05) is 24.9 Å². The molecule has 0 aliphatic rings. The van der Waals surface area contributed by atoms with Crippen molar-refractivity contribution in [2.24, 2.45) is 0 Å². The van der Waals surface area contributed by atoms with Crippen molar-refractivity contribution in [1.82, 2.24) is 4.98 Å². The molecule has 0 saturated heterocycles. The van der Waals surface area contributed by atoms with E-state index in [0.717, 1.165) is 5.56 Å². The lowest BCUT2D eigenvalue weighted by molar-refractivity contribution is 0.0989. The smallest absolute Gasteiger partial charge is 0.171 e. The first kappa shape index (κ1) is 14.8. The van der Waals surface area contributed by atoms with Gasteiger partial charge in [0.1, 0.15) is 5.75 Å². The fraction of sp³-hybridized carbons (Fsp3) is 0.250. The number of rotatable bonds is 6. The maximum Gasteiger partial charge on any atom is 0.171 e. The van der Waals surface area contributed by atoms with E-state index in [0.29, 0.717) is 22.8 Å². The van der Waals surface area contributed by atoms with Crippen LogP contribution in [0.25, 0.3) is 0 Å². The number of ether oxygens (including phenoxy) is 3. The Bertz CT molecular complexity index is 626. The lowest BCUT2D eigenvalue weighted by atomic mass is 10.0. The Morgan fingerprint density at radius 1 is 0.952 bits per heavy atom. The van der Waals surface area contributed by atoms with Gasteiger partial charge in [-0.15, -0.1) is 0 Å². The molecule has 0 aliphatic carbocycles. The Balaban J connectivity index is 2.35. The topological polar surface area (TPSA) is 57.7 Å². The third-order valence-corrected chi connectivity index (χ3v) is 3.12. The van der Waals surface area contributed by atoms with Crippen molar-refractivity contribution in [3.63, 3.8) is 0 Å². The standard InChI is InChI=1S/C16H17NO4/c1-19-14-10-16(21-3)15(20-2)9-12(14)13(18)8-11-4-6-17-7-5-11/h4-7,9-10H,8H2,1-3H3. The summed E-state index contributed by atoms with van der Waals surface area (Å²) in [5, 5.41) is 0. The Morgan fingerprint density at radius 3 is 2.10 bits per heavy atom. The van der Waals surface area contributed by atoms with Gasteiger partial charge in [0.15, 0.2) is 17.3 Å². The maximum absolute atomic E-state index is 12.5. The molecule has 0 spiro atoms. The van der Waals surface area contributed by atoms with Crippen molar-refractivity contribution in [2.75, 3.05) is 21.3 Å². The van der Waals surface area contributed by atoms with Crippen molar-refractivity contribution in [1.29, 1.82) is 0 Å². The third kappa shape index (κ3) is 3.31. The molecule has 0 aliphatic heterocycles. The van der Waals surface area contributed by atoms with Gasteiger partial charge in [0.25, 0.3) is 0 Å². The van der Waals surface area contributed by atoms with Crippen LogP contribution in [0.1, 0.15) is 15.9 Å². The summed E-state index contributed by atoms with van der Waals surface area (Å²) in [6, 6.07) is 6.91. The average molecular weight is 287 g/mol. The zero-order valence-electron chi connectivity index (χ0n) is 12.3. The summed E-state index contributed by atoms with van der Waals surface area (Å²) in [5.74, 6) is 1.43. The van der Waals surface area contributed by atoms with Gasteiger partial charge in [-0.1, -0.05) is 0 Å². The van der Waals surface area contributed by atoms with Gasteiger partial charge in [-0.25, -0.2) is 0 Å². The number of benzene rings is 1. The molecule has 0 atom stereocenters. The van der Waals surface area contributed by atoms with E-state index in [1.807, 2.05) is 12.1 Å². The zero-order valence-corrected chi connectivity index (χ0v) is 12.3. The summed E-state index contributed by atoms with van der Waals surface area (Å²) < 4.78 is 15.7. The normalized spacial score (nSPS) is 10.0. The Labute approximate surface area is 123 Å². The van der Waals surface area contributed by atoms with Crippen LogP contribution in [0, 0.1) is 0 Å². The van der Waals surface area contributed by atoms with Gasteiger partial charge in [0.05, 0.1) is 26.9 Å². The minimum Gasteiger partial charge on any atom is -0.496 e. The molecule has 0 saturated carbocycles. The highest BCUT2D eigenvalue weighted by Gasteiger charge is 2.17. The zero-order chi connectivity index (χ0) is 15.2. The fourth-order valence-corrected chi connectivity index (χ4v) is 2.03. The van der Waals surface area contributed by atoms with Crippen molar-refractivity contribution in [2.45, 2.75) is 6.42 Å². The summed E-state index contributed by atoms with van der Waals surface area (Å²) >= 11 is 0. The van der Waals surface area contributed by atoms with E-state index in [2.05, 4.69) is 4.98 Å². The van der Waals surface area contributed by atoms with Crippen molar-refractivity contribution >= 4 is 5.78 Å². The number of methoxy groups -OCH3 is 3. The number of aromatic nitrogens is 1. The van der Waals surface area contributed by atoms with Crippen LogP contribution in [0.4, 0.5) is 0 Å². The maximum atomic E-state index is 12.5. The fourth-order valence-electron chi connectivity index (χ4n) is 2.03. The molecule has 0 fully saturated rings. The summed E-state index contributed by atoms with van der Waals surface area (Å²) in [5.41, 5.74) is 1.36. The molecule has 5 heteroatoms. The van der Waals surface area contributed by atoms with Gasteiger partial charge < -0.3 is 14.2 Å². The molecule has 2 aromatic rings. The molecule has 21 heavy (non-hydrogen) atoms. The molecular weight excluding hydrogens is 270 g/mol. The lowest BCUT2D eigenvalue weighted by Crippen LogP contribution is -2.07. The number of ketones is 1. The van der Waals surface area contributed by atoms with Crippen LogP contribution in [0.15, 0.2) is 36.7 Å². The molecule has 0 amide bonds. The number of Topliss-reactive ketones (excluding diaryl/α,β-unsaturated/α-hetero) is 1. The van der Waals surface area contributed by atoms with Crippen LogP contribution in [-0.2, 0) is 6.42 Å². The van der Waals surface area contributed by atoms with Gasteiger partial charge in [-0.2, -0.15) is 0 Å². The molecule has 2 rings (SSSR count). The molecule has 1 heterocycles. The predicted octanol–water partition coefficient (Wildman–Crippen LogP) is 2.53. The molecule has 1 aromatic carbocycles. The Morgan fingerprint density at radius 2 is 1.52 bits per heavy atom. The van der Waals surface area contributed by atoms with Crippen molar-refractivity contribution in [3.8, 4) is 17.2 Å². The molecular formula is C16H17NO4. The van der Waals surface area contributed by atoms with E-state index >= 15 is 0 Å². The van der Waals surface area contributed by atoms with Crippen molar-refractivity contribution in [3.05, 3.63) is 47.8 Å². The van der Waals surface area contributed by atoms with Crippen molar-refractivity contribution < 1.29 is 19.0 Å². The van der Waals surface area contributed by atoms with Gasteiger partial charge >= 0.3 is 0 Å². The van der Waals surface area contributed by atoms with Crippen LogP contribution in [-0.4, -0.2) is 32.1 Å². The van der Waals surface area contributed by atoms with Crippen LogP contribution >= 0.6 is 0 Å². The number of nitrogens with zero attached hydrogens (tertiary/aromatic N) is 1. The summed E-state index contributed by atoms with van der Waals surface area (Å²) in [7, 11) is 4.58. The van der Waals surface area contributed by atoms with E-state index in [-0.39, 0.29) is 12.2 Å².